The normalized spacial score (nSPS) is 10.8. The fraction of sp³-hybridized carbons (Fsp3) is 0. The molecule has 0 radical (unpaired) electrons. The number of nitrogens with zero attached hydrogens (tertiary/aromatic N) is 8. The smallest absolute Gasteiger partial charge is 0.196 e. The Kier molecular flexibility index (Phi) is 9.56. The van der Waals surface area contributed by atoms with E-state index in [2.05, 4.69) is 62.8 Å². The number of fused-ring (bicyclic) bond motifs is 3. The third-order valence-electron chi connectivity index (χ3n) is 11.2. The summed E-state index contributed by atoms with van der Waals surface area (Å²) in [6, 6.07) is 63.3. The molecule has 290 valence electrons. The van der Waals surface area contributed by atoms with Gasteiger partial charge in [-0.25, -0.2) is 24.6 Å². The Morgan fingerprint density at radius 2 is 0.937 bits per heavy atom. The van der Waals surface area contributed by atoms with Crippen LogP contribution in [0, 0.1) is 35.8 Å². The predicted molar refractivity (Wildman–Crippen MR) is 249 cm³/mol. The van der Waals surface area contributed by atoms with Crippen molar-refractivity contribution in [1.82, 2.24) is 19.5 Å². The van der Waals surface area contributed by atoms with Crippen LogP contribution in [0.5, 0.6) is 0 Å². The largest absolute Gasteiger partial charge is 0.308 e. The van der Waals surface area contributed by atoms with Gasteiger partial charge in [0.2, 0.25) is 0 Å². The Morgan fingerprint density at radius 3 is 1.52 bits per heavy atom. The molecule has 10 aromatic rings. The van der Waals surface area contributed by atoms with Gasteiger partial charge in [-0.3, -0.25) is 0 Å². The van der Waals surface area contributed by atoms with E-state index in [0.717, 1.165) is 77.6 Å². The van der Waals surface area contributed by atoms with Crippen molar-refractivity contribution in [2.24, 2.45) is 0 Å². The lowest BCUT2D eigenvalue weighted by Gasteiger charge is -2.21. The highest BCUT2D eigenvalue weighted by Gasteiger charge is 2.24. The Morgan fingerprint density at radius 1 is 0.413 bits per heavy atom. The van der Waals surface area contributed by atoms with Crippen LogP contribution in [-0.2, 0) is 0 Å². The maximum Gasteiger partial charge on any atom is 0.196 e. The summed E-state index contributed by atoms with van der Waals surface area (Å²) in [4.78, 5) is 22.7. The van der Waals surface area contributed by atoms with Crippen molar-refractivity contribution in [2.45, 2.75) is 0 Å². The van der Waals surface area contributed by atoms with Crippen LogP contribution in [0.1, 0.15) is 11.1 Å². The fourth-order valence-electron chi connectivity index (χ4n) is 8.14. The van der Waals surface area contributed by atoms with Gasteiger partial charge >= 0.3 is 0 Å². The Balaban J connectivity index is 1.31. The Hall–Kier alpha value is -9.47. The zero-order chi connectivity index (χ0) is 42.9. The van der Waals surface area contributed by atoms with E-state index in [0.29, 0.717) is 40.0 Å². The van der Waals surface area contributed by atoms with Crippen LogP contribution in [-0.4, -0.2) is 19.5 Å². The molecular weight excluding hydrogens is 773 g/mol. The van der Waals surface area contributed by atoms with E-state index < -0.39 is 0 Å². The summed E-state index contributed by atoms with van der Waals surface area (Å²) >= 11 is 0. The summed E-state index contributed by atoms with van der Waals surface area (Å²) in [7, 11) is 0. The van der Waals surface area contributed by atoms with Crippen LogP contribution in [0.25, 0.3) is 105 Å². The summed E-state index contributed by atoms with van der Waals surface area (Å²) < 4.78 is 2.27. The summed E-state index contributed by atoms with van der Waals surface area (Å²) in [5, 5.41) is 21.4. The SMILES string of the molecule is [C-]#[N+]c1ccc(-c2cc(-c3nc(-c4ccccc4)nc(-c4ccccc4)n3)cc(-c3ccc(C#N)cc3)c2-n2c3ccccc3c3cc(-c4ccc(C#N)cc4[N+]#[C-])ccc32)cc1. The fourth-order valence-corrected chi connectivity index (χ4v) is 8.14. The number of aromatic nitrogens is 4. The van der Waals surface area contributed by atoms with Gasteiger partial charge in [-0.2, -0.15) is 10.5 Å². The first-order chi connectivity index (χ1) is 31.0. The van der Waals surface area contributed by atoms with E-state index in [9.17, 15) is 10.5 Å². The van der Waals surface area contributed by atoms with E-state index in [1.807, 2.05) is 133 Å². The molecule has 10 rings (SSSR count). The summed E-state index contributed by atoms with van der Waals surface area (Å²) in [5.41, 5.74) is 12.2. The second-order valence-electron chi connectivity index (χ2n) is 14.8. The minimum Gasteiger partial charge on any atom is -0.308 e. The molecule has 0 aliphatic carbocycles. The van der Waals surface area contributed by atoms with Crippen molar-refractivity contribution in [3.63, 3.8) is 0 Å². The van der Waals surface area contributed by atoms with Gasteiger partial charge in [0, 0.05) is 44.2 Å². The topological polar surface area (TPSA) is 99.9 Å². The lowest BCUT2D eigenvalue weighted by atomic mass is 9.92. The van der Waals surface area contributed by atoms with Gasteiger partial charge in [-0.15, -0.1) is 0 Å². The Bertz CT molecular complexity index is 3450. The molecule has 0 N–H and O–H groups in total. The van der Waals surface area contributed by atoms with Gasteiger partial charge in [-0.1, -0.05) is 127 Å². The average Bonchev–Trinajstić information content (AvgIpc) is 3.69. The minimum absolute atomic E-state index is 0.408. The van der Waals surface area contributed by atoms with Crippen LogP contribution in [0.4, 0.5) is 11.4 Å². The second-order valence-corrected chi connectivity index (χ2v) is 14.8. The van der Waals surface area contributed by atoms with Crippen molar-refractivity contribution in [2.75, 3.05) is 0 Å². The molecule has 0 saturated heterocycles. The molecular formula is C55H30N8. The van der Waals surface area contributed by atoms with E-state index in [4.69, 9.17) is 28.1 Å². The van der Waals surface area contributed by atoms with Crippen LogP contribution >= 0.6 is 0 Å². The van der Waals surface area contributed by atoms with Crippen LogP contribution in [0.15, 0.2) is 182 Å². The Labute approximate surface area is 363 Å². The van der Waals surface area contributed by atoms with E-state index in [1.54, 1.807) is 12.1 Å². The van der Waals surface area contributed by atoms with E-state index in [1.165, 1.54) is 0 Å². The molecule has 8 nitrogen and oxygen atoms in total. The van der Waals surface area contributed by atoms with Crippen molar-refractivity contribution in [3.05, 3.63) is 216 Å². The first-order valence-electron chi connectivity index (χ1n) is 20.0. The van der Waals surface area contributed by atoms with Gasteiger partial charge in [0.15, 0.2) is 28.8 Å². The van der Waals surface area contributed by atoms with Gasteiger partial charge in [0.05, 0.1) is 47.6 Å². The molecule has 0 aliphatic rings. The molecule has 0 saturated carbocycles. The van der Waals surface area contributed by atoms with Gasteiger partial charge in [0.25, 0.3) is 0 Å². The first-order valence-corrected chi connectivity index (χ1v) is 20.0. The first kappa shape index (κ1) is 37.8. The quantitative estimate of drug-likeness (QED) is 0.149. The molecule has 0 fully saturated rings. The minimum atomic E-state index is 0.408. The predicted octanol–water partition coefficient (Wildman–Crippen LogP) is 13.8. The zero-order valence-electron chi connectivity index (χ0n) is 33.4. The van der Waals surface area contributed by atoms with Crippen molar-refractivity contribution >= 4 is 33.2 Å². The monoisotopic (exact) mass is 802 g/mol. The third kappa shape index (κ3) is 6.89. The standard InChI is InChI=1S/C55H30N8/c1-58-43-25-22-38(23-26-43)47-32-42(55-61-53(39-11-5-3-6-12-39)60-54(62-55)40-13-7-4-8-14-40)31-46(37-20-17-35(33-56)18-21-37)52(47)63-50-16-10-9-15-45(50)48-30-41(24-28-51(48)63)44-27-19-36(34-57)29-49(44)59-2/h3-32H. The number of hydrogen-bond acceptors (Lipinski definition) is 5. The molecule has 0 atom stereocenters. The number of para-hydroxylation sites is 1. The van der Waals surface area contributed by atoms with E-state index in [-0.39, 0.29) is 0 Å². The maximum atomic E-state index is 9.84. The number of rotatable bonds is 7. The highest BCUT2D eigenvalue weighted by atomic mass is 15.0. The van der Waals surface area contributed by atoms with Gasteiger partial charge < -0.3 is 4.57 Å². The van der Waals surface area contributed by atoms with Gasteiger partial charge in [0.1, 0.15) is 0 Å². The molecule has 0 amide bonds. The lowest BCUT2D eigenvalue weighted by Crippen LogP contribution is -2.04. The molecule has 2 heterocycles. The van der Waals surface area contributed by atoms with Crippen LogP contribution in [0.2, 0.25) is 0 Å². The second kappa shape index (κ2) is 15.9. The number of benzene rings is 8. The lowest BCUT2D eigenvalue weighted by molar-refractivity contribution is 1.07. The zero-order valence-corrected chi connectivity index (χ0v) is 33.4. The number of nitriles is 2. The van der Waals surface area contributed by atoms with Crippen LogP contribution < -0.4 is 0 Å². The van der Waals surface area contributed by atoms with Crippen molar-refractivity contribution in [1.29, 1.82) is 10.5 Å². The highest BCUT2D eigenvalue weighted by Crippen LogP contribution is 2.45. The van der Waals surface area contributed by atoms with E-state index >= 15 is 0 Å². The molecule has 8 heteroatoms. The molecule has 63 heavy (non-hydrogen) atoms. The number of hydrogen-bond donors (Lipinski definition) is 0. The summed E-state index contributed by atoms with van der Waals surface area (Å²) in [5.74, 6) is 1.55. The van der Waals surface area contributed by atoms with Gasteiger partial charge in [-0.05, 0) is 76.9 Å². The molecule has 8 aromatic carbocycles. The molecule has 0 aliphatic heterocycles. The van der Waals surface area contributed by atoms with Crippen LogP contribution in [0.3, 0.4) is 0 Å². The molecule has 2 aromatic heterocycles. The summed E-state index contributed by atoms with van der Waals surface area (Å²) in [6.07, 6.45) is 0. The van der Waals surface area contributed by atoms with Crippen molar-refractivity contribution < 1.29 is 0 Å². The molecule has 0 unspecified atom stereocenters. The summed E-state index contributed by atoms with van der Waals surface area (Å²) in [6.45, 7) is 15.7. The highest BCUT2D eigenvalue weighted by molar-refractivity contribution is 6.12. The van der Waals surface area contributed by atoms with Crippen molar-refractivity contribution in [3.8, 4) is 85.4 Å². The maximum absolute atomic E-state index is 9.84. The molecule has 0 spiro atoms. The third-order valence-corrected chi connectivity index (χ3v) is 11.2. The average molecular weight is 803 g/mol. The molecule has 0 bridgehead atoms.